The zero-order valence-electron chi connectivity index (χ0n) is 12.3. The summed E-state index contributed by atoms with van der Waals surface area (Å²) in [4.78, 5) is 26.0. The van der Waals surface area contributed by atoms with Gasteiger partial charge in [-0.25, -0.2) is 4.39 Å². The average molecular weight is 298 g/mol. The molecule has 1 N–H and O–H groups in total. The van der Waals surface area contributed by atoms with Crippen molar-refractivity contribution in [2.24, 2.45) is 0 Å². The number of rotatable bonds is 7. The normalized spacial score (nSPS) is 10.5. The van der Waals surface area contributed by atoms with E-state index >= 15 is 0 Å². The Balaban J connectivity index is 2.95. The number of benzene rings is 1. The van der Waals surface area contributed by atoms with E-state index in [9.17, 15) is 14.0 Å². The van der Waals surface area contributed by atoms with Crippen molar-refractivity contribution in [2.75, 3.05) is 40.8 Å². The van der Waals surface area contributed by atoms with Gasteiger partial charge in [-0.2, -0.15) is 0 Å². The number of halogens is 1. The van der Waals surface area contributed by atoms with Crippen molar-refractivity contribution in [3.8, 4) is 5.75 Å². The Morgan fingerprint density at radius 1 is 1.29 bits per heavy atom. The van der Waals surface area contributed by atoms with Gasteiger partial charge in [-0.3, -0.25) is 9.59 Å². The minimum absolute atomic E-state index is 0.171. The molecule has 0 atom stereocenters. The maximum absolute atomic E-state index is 13.9. The van der Waals surface area contributed by atoms with Crippen molar-refractivity contribution in [2.45, 2.75) is 0 Å². The second-order valence-electron chi connectivity index (χ2n) is 4.77. The number of aliphatic carboxylic acids is 1. The van der Waals surface area contributed by atoms with Crippen LogP contribution in [0, 0.1) is 5.82 Å². The number of carboxylic acids is 1. The minimum Gasteiger partial charge on any atom is -0.497 e. The highest BCUT2D eigenvalue weighted by Gasteiger charge is 2.21. The van der Waals surface area contributed by atoms with Gasteiger partial charge in [-0.05, 0) is 26.2 Å². The Labute approximate surface area is 122 Å². The topological polar surface area (TPSA) is 70.1 Å². The smallest absolute Gasteiger partial charge is 0.323 e. The van der Waals surface area contributed by atoms with E-state index in [1.807, 2.05) is 4.90 Å². The van der Waals surface area contributed by atoms with Crippen molar-refractivity contribution < 1.29 is 23.8 Å². The molecule has 0 spiro atoms. The Morgan fingerprint density at radius 2 is 1.95 bits per heavy atom. The molecule has 0 aromatic heterocycles. The summed E-state index contributed by atoms with van der Waals surface area (Å²) >= 11 is 0. The van der Waals surface area contributed by atoms with E-state index in [1.165, 1.54) is 19.2 Å². The van der Waals surface area contributed by atoms with Gasteiger partial charge in [0.05, 0.1) is 12.7 Å². The van der Waals surface area contributed by atoms with Crippen LogP contribution in [-0.2, 0) is 4.79 Å². The van der Waals surface area contributed by atoms with Crippen LogP contribution in [0.1, 0.15) is 10.4 Å². The van der Waals surface area contributed by atoms with Gasteiger partial charge in [0.25, 0.3) is 5.91 Å². The second kappa shape index (κ2) is 7.58. The summed E-state index contributed by atoms with van der Waals surface area (Å²) in [5.41, 5.74) is -0.171. The summed E-state index contributed by atoms with van der Waals surface area (Å²) in [5, 5.41) is 8.88. The molecule has 1 amide bonds. The lowest BCUT2D eigenvalue weighted by atomic mass is 10.1. The van der Waals surface area contributed by atoms with Gasteiger partial charge in [0.2, 0.25) is 0 Å². The maximum atomic E-state index is 13.9. The number of hydrogen-bond donors (Lipinski definition) is 1. The molecule has 0 radical (unpaired) electrons. The lowest BCUT2D eigenvalue weighted by molar-refractivity contribution is -0.137. The molecule has 0 fully saturated rings. The molecule has 0 aliphatic heterocycles. The third kappa shape index (κ3) is 5.03. The number of hydrogen-bond acceptors (Lipinski definition) is 4. The van der Waals surface area contributed by atoms with Crippen molar-refractivity contribution >= 4 is 11.9 Å². The van der Waals surface area contributed by atoms with Crippen LogP contribution in [0.5, 0.6) is 5.75 Å². The highest BCUT2D eigenvalue weighted by atomic mass is 19.1. The number of carbonyl (C=O) groups excluding carboxylic acids is 1. The van der Waals surface area contributed by atoms with Crippen LogP contribution in [0.25, 0.3) is 0 Å². The third-order valence-electron chi connectivity index (χ3n) is 2.84. The van der Waals surface area contributed by atoms with E-state index in [1.54, 1.807) is 14.1 Å². The van der Waals surface area contributed by atoms with Gasteiger partial charge in [-0.15, -0.1) is 0 Å². The lowest BCUT2D eigenvalue weighted by Crippen LogP contribution is -2.40. The summed E-state index contributed by atoms with van der Waals surface area (Å²) in [5.74, 6) is -2.24. The van der Waals surface area contributed by atoms with Gasteiger partial charge in [0, 0.05) is 19.2 Å². The van der Waals surface area contributed by atoms with Crippen LogP contribution >= 0.6 is 0 Å². The first kappa shape index (κ1) is 16.9. The summed E-state index contributed by atoms with van der Waals surface area (Å²) in [6, 6.07) is 3.85. The molecule has 0 bridgehead atoms. The maximum Gasteiger partial charge on any atom is 0.323 e. The first-order valence-corrected chi connectivity index (χ1v) is 6.34. The molecular formula is C14H19FN2O4. The number of amides is 1. The minimum atomic E-state index is -1.14. The van der Waals surface area contributed by atoms with Gasteiger partial charge < -0.3 is 19.6 Å². The third-order valence-corrected chi connectivity index (χ3v) is 2.84. The molecule has 7 heteroatoms. The van der Waals surface area contributed by atoms with Crippen LogP contribution in [-0.4, -0.2) is 67.6 Å². The zero-order valence-corrected chi connectivity index (χ0v) is 12.3. The van der Waals surface area contributed by atoms with Crippen LogP contribution < -0.4 is 4.74 Å². The number of likely N-dealkylation sites (N-methyl/N-ethyl adjacent to an activating group) is 1. The highest BCUT2D eigenvalue weighted by molar-refractivity contribution is 5.96. The monoisotopic (exact) mass is 298 g/mol. The molecule has 0 unspecified atom stereocenters. The second-order valence-corrected chi connectivity index (χ2v) is 4.77. The molecule has 1 aromatic rings. The van der Waals surface area contributed by atoms with Gasteiger partial charge in [0.1, 0.15) is 18.1 Å². The Kier molecular flexibility index (Phi) is 6.10. The molecule has 0 aliphatic carbocycles. The zero-order chi connectivity index (χ0) is 16.0. The summed E-state index contributed by atoms with van der Waals surface area (Å²) in [6.07, 6.45) is 0. The number of carbonyl (C=O) groups is 2. The number of nitrogens with zero attached hydrogens (tertiary/aromatic N) is 2. The van der Waals surface area contributed by atoms with Crippen molar-refractivity contribution in [3.63, 3.8) is 0 Å². The number of carboxylic acid groups (broad SMARTS) is 1. The van der Waals surface area contributed by atoms with Crippen LogP contribution in [0.4, 0.5) is 4.39 Å². The predicted molar refractivity (Wildman–Crippen MR) is 75.0 cm³/mol. The average Bonchev–Trinajstić information content (AvgIpc) is 2.42. The largest absolute Gasteiger partial charge is 0.497 e. The van der Waals surface area contributed by atoms with Gasteiger partial charge in [-0.1, -0.05) is 0 Å². The van der Waals surface area contributed by atoms with Gasteiger partial charge >= 0.3 is 5.97 Å². The van der Waals surface area contributed by atoms with Crippen LogP contribution in [0.3, 0.4) is 0 Å². The Hall–Kier alpha value is -2.15. The molecular weight excluding hydrogens is 279 g/mol. The molecule has 1 aromatic carbocycles. The number of ether oxygens (including phenoxy) is 1. The predicted octanol–water partition coefficient (Wildman–Crippen LogP) is 0.923. The number of methoxy groups -OCH3 is 1. The van der Waals surface area contributed by atoms with E-state index in [2.05, 4.69) is 0 Å². The molecule has 0 saturated carbocycles. The molecule has 116 valence electrons. The fourth-order valence-electron chi connectivity index (χ4n) is 1.70. The fourth-order valence-corrected chi connectivity index (χ4v) is 1.70. The van der Waals surface area contributed by atoms with E-state index in [4.69, 9.17) is 9.84 Å². The Morgan fingerprint density at radius 3 is 2.43 bits per heavy atom. The first-order valence-electron chi connectivity index (χ1n) is 6.34. The molecule has 0 heterocycles. The van der Waals surface area contributed by atoms with E-state index < -0.39 is 24.2 Å². The van der Waals surface area contributed by atoms with Crippen molar-refractivity contribution in [1.29, 1.82) is 0 Å². The Bertz CT molecular complexity index is 520. The summed E-state index contributed by atoms with van der Waals surface area (Å²) in [7, 11) is 5.00. The quantitative estimate of drug-likeness (QED) is 0.810. The van der Waals surface area contributed by atoms with Crippen molar-refractivity contribution in [1.82, 2.24) is 9.80 Å². The van der Waals surface area contributed by atoms with Crippen LogP contribution in [0.15, 0.2) is 18.2 Å². The molecule has 0 aliphatic rings. The van der Waals surface area contributed by atoms with E-state index in [0.717, 1.165) is 11.0 Å². The molecule has 6 nitrogen and oxygen atoms in total. The van der Waals surface area contributed by atoms with Crippen LogP contribution in [0.2, 0.25) is 0 Å². The summed E-state index contributed by atoms with van der Waals surface area (Å²) in [6.45, 7) is 0.207. The van der Waals surface area contributed by atoms with Crippen molar-refractivity contribution in [3.05, 3.63) is 29.6 Å². The standard InChI is InChI=1S/C14H19FN2O4/c1-16(2)6-7-17(9-13(18)19)14(20)11-5-4-10(21-3)8-12(11)15/h4-5,8H,6-7,9H2,1-3H3,(H,18,19). The van der Waals surface area contributed by atoms with E-state index in [0.29, 0.717) is 12.3 Å². The molecule has 1 rings (SSSR count). The van der Waals surface area contributed by atoms with Gasteiger partial charge in [0.15, 0.2) is 0 Å². The highest BCUT2D eigenvalue weighted by Crippen LogP contribution is 2.17. The van der Waals surface area contributed by atoms with E-state index in [-0.39, 0.29) is 12.1 Å². The molecule has 0 saturated heterocycles. The fraction of sp³-hybridized carbons (Fsp3) is 0.429. The summed E-state index contributed by atoms with van der Waals surface area (Å²) < 4.78 is 18.8. The first-order chi connectivity index (χ1) is 9.85. The lowest BCUT2D eigenvalue weighted by Gasteiger charge is -2.23. The SMILES string of the molecule is COc1ccc(C(=O)N(CCN(C)C)CC(=O)O)c(F)c1. The molecule has 21 heavy (non-hydrogen) atoms.